The number of likely N-dealkylation sites (tertiary alicyclic amines) is 1. The van der Waals surface area contributed by atoms with Crippen LogP contribution in [0.3, 0.4) is 0 Å². The second kappa shape index (κ2) is 8.57. The number of carbonyl (C=O) groups excluding carboxylic acids is 2. The third-order valence-corrected chi connectivity index (χ3v) is 4.62. The minimum atomic E-state index is -0.361. The van der Waals surface area contributed by atoms with E-state index in [0.717, 1.165) is 24.9 Å². The predicted molar refractivity (Wildman–Crippen MR) is 99.2 cm³/mol. The van der Waals surface area contributed by atoms with Crippen LogP contribution in [0.2, 0.25) is 0 Å². The fraction of sp³-hybridized carbons (Fsp3) is 0.421. The zero-order chi connectivity index (χ0) is 19.2. The Morgan fingerprint density at radius 2 is 2.04 bits per heavy atom. The highest BCUT2D eigenvalue weighted by molar-refractivity contribution is 5.94. The van der Waals surface area contributed by atoms with Gasteiger partial charge in [-0.15, -0.1) is 0 Å². The van der Waals surface area contributed by atoms with E-state index < -0.39 is 0 Å². The number of amides is 2. The Balaban J connectivity index is 1.69. The molecule has 0 bridgehead atoms. The first-order valence-electron chi connectivity index (χ1n) is 8.94. The van der Waals surface area contributed by atoms with Gasteiger partial charge in [0.15, 0.2) is 0 Å². The summed E-state index contributed by atoms with van der Waals surface area (Å²) in [4.78, 5) is 26.1. The zero-order valence-corrected chi connectivity index (χ0v) is 15.6. The normalized spacial score (nSPS) is 17.1. The van der Waals surface area contributed by atoms with Gasteiger partial charge in [0, 0.05) is 25.3 Å². The largest absolute Gasteiger partial charge is 0.494 e. The van der Waals surface area contributed by atoms with Crippen molar-refractivity contribution in [3.05, 3.63) is 42.2 Å². The highest BCUT2D eigenvalue weighted by Crippen LogP contribution is 2.21. The number of hydrogen-bond donors (Lipinski definition) is 1. The fourth-order valence-electron chi connectivity index (χ4n) is 3.21. The van der Waals surface area contributed by atoms with Gasteiger partial charge < -0.3 is 19.7 Å². The molecule has 1 aliphatic heterocycles. The van der Waals surface area contributed by atoms with Gasteiger partial charge in [0.2, 0.25) is 0 Å². The van der Waals surface area contributed by atoms with Crippen LogP contribution < -0.4 is 10.1 Å². The molecule has 8 nitrogen and oxygen atoms in total. The van der Waals surface area contributed by atoms with E-state index in [1.54, 1.807) is 22.9 Å². The molecule has 1 saturated heterocycles. The lowest BCUT2D eigenvalue weighted by Crippen LogP contribution is -2.44. The van der Waals surface area contributed by atoms with Crippen LogP contribution in [0.15, 0.2) is 36.7 Å². The fourth-order valence-corrected chi connectivity index (χ4v) is 3.21. The van der Waals surface area contributed by atoms with Crippen LogP contribution in [0.1, 0.15) is 29.6 Å². The molecule has 8 heteroatoms. The van der Waals surface area contributed by atoms with Crippen LogP contribution in [-0.4, -0.2) is 60.0 Å². The SMILES string of the molecule is COC(=O)N1CCCC[C@@H](NC(=O)c2cnn(-c3ccccc3OC)c2)C1. The van der Waals surface area contributed by atoms with E-state index in [1.807, 2.05) is 24.3 Å². The summed E-state index contributed by atoms with van der Waals surface area (Å²) in [5.41, 5.74) is 1.21. The molecule has 1 fully saturated rings. The molecule has 0 aliphatic carbocycles. The molecule has 2 amide bonds. The van der Waals surface area contributed by atoms with Crippen molar-refractivity contribution in [1.29, 1.82) is 0 Å². The van der Waals surface area contributed by atoms with Crippen molar-refractivity contribution in [2.75, 3.05) is 27.3 Å². The minimum Gasteiger partial charge on any atom is -0.494 e. The van der Waals surface area contributed by atoms with Crippen molar-refractivity contribution in [2.45, 2.75) is 25.3 Å². The maximum atomic E-state index is 12.6. The lowest BCUT2D eigenvalue weighted by atomic mass is 10.1. The number of nitrogens with one attached hydrogen (secondary N) is 1. The van der Waals surface area contributed by atoms with E-state index in [4.69, 9.17) is 9.47 Å². The van der Waals surface area contributed by atoms with Crippen molar-refractivity contribution < 1.29 is 19.1 Å². The van der Waals surface area contributed by atoms with Gasteiger partial charge >= 0.3 is 6.09 Å². The van der Waals surface area contributed by atoms with Crippen molar-refractivity contribution in [2.24, 2.45) is 0 Å². The highest BCUT2D eigenvalue weighted by atomic mass is 16.5. The second-order valence-electron chi connectivity index (χ2n) is 6.43. The van der Waals surface area contributed by atoms with E-state index in [2.05, 4.69) is 10.4 Å². The number of ether oxygens (including phenoxy) is 2. The maximum Gasteiger partial charge on any atom is 0.409 e. The third kappa shape index (κ3) is 4.39. The zero-order valence-electron chi connectivity index (χ0n) is 15.6. The van der Waals surface area contributed by atoms with Gasteiger partial charge in [0.05, 0.1) is 26.0 Å². The van der Waals surface area contributed by atoms with Crippen LogP contribution in [-0.2, 0) is 4.74 Å². The topological polar surface area (TPSA) is 85.7 Å². The summed E-state index contributed by atoms with van der Waals surface area (Å²) in [6.07, 6.45) is 5.49. The summed E-state index contributed by atoms with van der Waals surface area (Å²) in [6, 6.07) is 7.34. The van der Waals surface area contributed by atoms with E-state index in [-0.39, 0.29) is 18.0 Å². The molecular formula is C19H24N4O4. The molecule has 27 heavy (non-hydrogen) atoms. The Hall–Kier alpha value is -3.03. The van der Waals surface area contributed by atoms with Gasteiger partial charge in [-0.2, -0.15) is 5.10 Å². The smallest absolute Gasteiger partial charge is 0.409 e. The predicted octanol–water partition coefficient (Wildman–Crippen LogP) is 2.23. The molecule has 1 aromatic heterocycles. The molecule has 2 aromatic rings. The minimum absolute atomic E-state index is 0.117. The van der Waals surface area contributed by atoms with Crippen molar-refractivity contribution in [1.82, 2.24) is 20.0 Å². The highest BCUT2D eigenvalue weighted by Gasteiger charge is 2.24. The van der Waals surface area contributed by atoms with Crippen LogP contribution in [0.4, 0.5) is 4.79 Å². The molecule has 1 N–H and O–H groups in total. The van der Waals surface area contributed by atoms with Crippen molar-refractivity contribution in [3.63, 3.8) is 0 Å². The Labute approximate surface area is 158 Å². The summed E-state index contributed by atoms with van der Waals surface area (Å²) in [6.45, 7) is 1.09. The molecule has 0 radical (unpaired) electrons. The molecule has 3 rings (SSSR count). The molecule has 144 valence electrons. The Bertz CT molecular complexity index is 805. The second-order valence-corrected chi connectivity index (χ2v) is 6.43. The first-order chi connectivity index (χ1) is 13.1. The van der Waals surface area contributed by atoms with Crippen LogP contribution in [0.25, 0.3) is 5.69 Å². The average molecular weight is 372 g/mol. The summed E-state index contributed by atoms with van der Waals surface area (Å²) >= 11 is 0. The number of rotatable bonds is 4. The van der Waals surface area contributed by atoms with E-state index in [0.29, 0.717) is 24.4 Å². The molecule has 1 aromatic carbocycles. The molecular weight excluding hydrogens is 348 g/mol. The van der Waals surface area contributed by atoms with E-state index >= 15 is 0 Å². The number of methoxy groups -OCH3 is 2. The van der Waals surface area contributed by atoms with Gasteiger partial charge in [-0.25, -0.2) is 9.48 Å². The number of nitrogens with zero attached hydrogens (tertiary/aromatic N) is 3. The summed E-state index contributed by atoms with van der Waals surface area (Å²) in [7, 11) is 2.96. The number of aromatic nitrogens is 2. The molecule has 2 heterocycles. The summed E-state index contributed by atoms with van der Waals surface area (Å²) in [5.74, 6) is 0.456. The van der Waals surface area contributed by atoms with Gasteiger partial charge in [0.25, 0.3) is 5.91 Å². The number of para-hydroxylation sites is 2. The van der Waals surface area contributed by atoms with Crippen LogP contribution in [0.5, 0.6) is 5.75 Å². The third-order valence-electron chi connectivity index (χ3n) is 4.62. The van der Waals surface area contributed by atoms with Gasteiger partial charge in [0.1, 0.15) is 11.4 Å². The monoisotopic (exact) mass is 372 g/mol. The molecule has 0 saturated carbocycles. The standard InChI is InChI=1S/C19H24N4O4/c1-26-17-9-4-3-8-16(17)23-12-14(11-20-23)18(24)21-15-7-5-6-10-22(13-15)19(25)27-2/h3-4,8-9,11-12,15H,5-7,10,13H2,1-2H3,(H,21,24)/t15-/m1/s1. The van der Waals surface area contributed by atoms with Gasteiger partial charge in [-0.3, -0.25) is 4.79 Å². The van der Waals surface area contributed by atoms with E-state index in [1.165, 1.54) is 13.3 Å². The molecule has 0 spiro atoms. The molecule has 1 aliphatic rings. The number of benzene rings is 1. The van der Waals surface area contributed by atoms with E-state index in [9.17, 15) is 9.59 Å². The van der Waals surface area contributed by atoms with Crippen LogP contribution >= 0.6 is 0 Å². The first-order valence-corrected chi connectivity index (χ1v) is 8.94. The first kappa shape index (κ1) is 18.8. The van der Waals surface area contributed by atoms with Crippen molar-refractivity contribution >= 4 is 12.0 Å². The number of hydrogen-bond acceptors (Lipinski definition) is 5. The van der Waals surface area contributed by atoms with Crippen molar-refractivity contribution in [3.8, 4) is 11.4 Å². The maximum absolute atomic E-state index is 12.6. The Morgan fingerprint density at radius 1 is 1.22 bits per heavy atom. The summed E-state index contributed by atoms with van der Waals surface area (Å²) in [5, 5.41) is 7.28. The lowest BCUT2D eigenvalue weighted by molar-refractivity contribution is 0.0913. The summed E-state index contributed by atoms with van der Waals surface area (Å²) < 4.78 is 11.8. The molecule has 1 atom stereocenters. The average Bonchev–Trinajstić information content (AvgIpc) is 3.08. The quantitative estimate of drug-likeness (QED) is 0.890. The number of carbonyl (C=O) groups is 2. The lowest BCUT2D eigenvalue weighted by Gasteiger charge is -2.23. The van der Waals surface area contributed by atoms with Crippen LogP contribution in [0, 0.1) is 0 Å². The Kier molecular flexibility index (Phi) is 5.95. The van der Waals surface area contributed by atoms with Gasteiger partial charge in [-0.05, 0) is 31.4 Å². The Morgan fingerprint density at radius 3 is 2.81 bits per heavy atom. The molecule has 0 unspecified atom stereocenters. The van der Waals surface area contributed by atoms with Gasteiger partial charge in [-0.1, -0.05) is 12.1 Å².